The van der Waals surface area contributed by atoms with E-state index in [1.54, 1.807) is 17.9 Å². The minimum Gasteiger partial charge on any atom is -0.486 e. The average Bonchev–Trinajstić information content (AvgIpc) is 3.22. The first kappa shape index (κ1) is 19.0. The molecule has 2 aromatic rings. The topological polar surface area (TPSA) is 104 Å². The Morgan fingerprint density at radius 2 is 2.07 bits per heavy atom. The fraction of sp³-hybridized carbons (Fsp3) is 0.400. The van der Waals surface area contributed by atoms with Crippen molar-refractivity contribution in [3.63, 3.8) is 0 Å². The predicted molar refractivity (Wildman–Crippen MR) is 102 cm³/mol. The summed E-state index contributed by atoms with van der Waals surface area (Å²) in [7, 11) is 0. The summed E-state index contributed by atoms with van der Waals surface area (Å²) in [6, 6.07) is 8.71. The number of nitrogens with zero attached hydrogens (tertiary/aromatic N) is 3. The molecule has 1 aromatic carbocycles. The van der Waals surface area contributed by atoms with Crippen molar-refractivity contribution >= 4 is 11.7 Å². The molecule has 2 aliphatic rings. The van der Waals surface area contributed by atoms with Crippen LogP contribution in [0.3, 0.4) is 0 Å². The maximum absolute atomic E-state index is 12.8. The summed E-state index contributed by atoms with van der Waals surface area (Å²) < 4.78 is 16.7. The predicted octanol–water partition coefficient (Wildman–Crippen LogP) is 2.81. The lowest BCUT2D eigenvalue weighted by molar-refractivity contribution is -0.390. The molecule has 9 nitrogen and oxygen atoms in total. The summed E-state index contributed by atoms with van der Waals surface area (Å²) in [5, 5.41) is 11.2. The number of nitro groups is 1. The second kappa shape index (κ2) is 7.94. The van der Waals surface area contributed by atoms with Crippen LogP contribution >= 0.6 is 0 Å². The van der Waals surface area contributed by atoms with Gasteiger partial charge in [-0.15, -0.1) is 0 Å². The molecule has 1 unspecified atom stereocenters. The number of aryl methyl sites for hydroxylation is 1. The van der Waals surface area contributed by atoms with Crippen LogP contribution in [0.1, 0.15) is 30.1 Å². The van der Waals surface area contributed by atoms with E-state index in [1.807, 2.05) is 18.2 Å². The molecular formula is C20H21N3O6. The van der Waals surface area contributed by atoms with E-state index in [0.29, 0.717) is 37.0 Å². The molecule has 1 fully saturated rings. The molecule has 2 aliphatic heterocycles. The minimum atomic E-state index is -0.610. The van der Waals surface area contributed by atoms with Crippen LogP contribution in [0, 0.1) is 17.0 Å². The molecule has 9 heteroatoms. The first-order chi connectivity index (χ1) is 14.0. The highest BCUT2D eigenvalue weighted by Crippen LogP contribution is 2.38. The van der Waals surface area contributed by atoms with Gasteiger partial charge in [0.05, 0.1) is 6.04 Å². The van der Waals surface area contributed by atoms with Crippen LogP contribution in [0.5, 0.6) is 17.2 Å². The third-order valence-corrected chi connectivity index (χ3v) is 5.03. The van der Waals surface area contributed by atoms with E-state index in [0.717, 1.165) is 18.4 Å². The van der Waals surface area contributed by atoms with Gasteiger partial charge in [-0.2, -0.15) is 0 Å². The van der Waals surface area contributed by atoms with Crippen molar-refractivity contribution in [3.05, 3.63) is 51.7 Å². The van der Waals surface area contributed by atoms with E-state index >= 15 is 0 Å². The zero-order valence-corrected chi connectivity index (χ0v) is 16.0. The lowest BCUT2D eigenvalue weighted by Crippen LogP contribution is -2.34. The molecule has 29 heavy (non-hydrogen) atoms. The zero-order chi connectivity index (χ0) is 20.4. The number of carbonyl (C=O) groups excluding carboxylic acids is 1. The lowest BCUT2D eigenvalue weighted by atomic mass is 10.0. The number of carbonyl (C=O) groups is 1. The zero-order valence-electron chi connectivity index (χ0n) is 16.0. The van der Waals surface area contributed by atoms with Crippen molar-refractivity contribution in [2.24, 2.45) is 0 Å². The van der Waals surface area contributed by atoms with E-state index in [9.17, 15) is 14.9 Å². The molecule has 3 heterocycles. The smallest absolute Gasteiger partial charge is 0.406 e. The third-order valence-electron chi connectivity index (χ3n) is 5.03. The number of pyridine rings is 1. The van der Waals surface area contributed by atoms with Crippen LogP contribution in [-0.2, 0) is 4.79 Å². The fourth-order valence-electron chi connectivity index (χ4n) is 3.68. The second-order valence-corrected chi connectivity index (χ2v) is 6.97. The number of fused-ring (bicyclic) bond motifs is 1. The molecule has 1 atom stereocenters. The van der Waals surface area contributed by atoms with Crippen LogP contribution in [0.4, 0.5) is 5.82 Å². The Morgan fingerprint density at radius 1 is 1.28 bits per heavy atom. The van der Waals surface area contributed by atoms with Crippen molar-refractivity contribution in [1.29, 1.82) is 0 Å². The number of aromatic nitrogens is 1. The molecular weight excluding hydrogens is 378 g/mol. The summed E-state index contributed by atoms with van der Waals surface area (Å²) in [6.07, 6.45) is 1.70. The number of likely N-dealkylation sites (tertiary alicyclic amines) is 1. The maximum atomic E-state index is 12.8. The Morgan fingerprint density at radius 3 is 2.86 bits per heavy atom. The van der Waals surface area contributed by atoms with Gasteiger partial charge in [-0.3, -0.25) is 4.79 Å². The molecule has 152 valence electrons. The second-order valence-electron chi connectivity index (χ2n) is 6.97. The summed E-state index contributed by atoms with van der Waals surface area (Å²) >= 11 is 0. The van der Waals surface area contributed by atoms with Crippen molar-refractivity contribution in [2.45, 2.75) is 25.8 Å². The van der Waals surface area contributed by atoms with E-state index in [2.05, 4.69) is 4.98 Å². The van der Waals surface area contributed by atoms with Crippen molar-refractivity contribution in [3.8, 4) is 17.2 Å². The maximum Gasteiger partial charge on any atom is 0.406 e. The van der Waals surface area contributed by atoms with Gasteiger partial charge in [0.25, 0.3) is 5.91 Å². The molecule has 4 rings (SSSR count). The van der Waals surface area contributed by atoms with Crippen LogP contribution in [0.25, 0.3) is 0 Å². The highest BCUT2D eigenvalue weighted by atomic mass is 16.6. The quantitative estimate of drug-likeness (QED) is 0.562. The number of amides is 1. The molecule has 0 saturated carbocycles. The van der Waals surface area contributed by atoms with Crippen LogP contribution in [0.2, 0.25) is 0 Å². The van der Waals surface area contributed by atoms with Gasteiger partial charge in [0.1, 0.15) is 18.9 Å². The van der Waals surface area contributed by atoms with Crippen LogP contribution in [0.15, 0.2) is 30.3 Å². The van der Waals surface area contributed by atoms with E-state index < -0.39 is 4.92 Å². The van der Waals surface area contributed by atoms with Crippen molar-refractivity contribution in [1.82, 2.24) is 9.88 Å². The minimum absolute atomic E-state index is 0.0102. The monoisotopic (exact) mass is 399 g/mol. The number of hydrogen-bond acceptors (Lipinski definition) is 7. The van der Waals surface area contributed by atoms with Crippen molar-refractivity contribution < 1.29 is 23.9 Å². The van der Waals surface area contributed by atoms with Gasteiger partial charge in [0.15, 0.2) is 18.1 Å². The third kappa shape index (κ3) is 3.94. The Kier molecular flexibility index (Phi) is 5.20. The molecule has 0 N–H and O–H groups in total. The number of benzene rings is 1. The first-order valence-electron chi connectivity index (χ1n) is 9.47. The van der Waals surface area contributed by atoms with E-state index in [-0.39, 0.29) is 30.1 Å². The highest BCUT2D eigenvalue weighted by molar-refractivity contribution is 5.78. The average molecular weight is 399 g/mol. The summed E-state index contributed by atoms with van der Waals surface area (Å²) in [5.41, 5.74) is 1.48. The van der Waals surface area contributed by atoms with E-state index in [4.69, 9.17) is 14.2 Å². The summed E-state index contributed by atoms with van der Waals surface area (Å²) in [6.45, 7) is 3.00. The molecule has 0 bridgehead atoms. The SMILES string of the molecule is Cc1ccc(OCC(=O)N2CCCC2c2ccc3c(c2)OCCO3)c([N+](=O)[O-])n1. The van der Waals surface area contributed by atoms with Gasteiger partial charge >= 0.3 is 5.82 Å². The molecule has 0 aliphatic carbocycles. The first-order valence-corrected chi connectivity index (χ1v) is 9.47. The largest absolute Gasteiger partial charge is 0.486 e. The van der Waals surface area contributed by atoms with Crippen molar-refractivity contribution in [2.75, 3.05) is 26.4 Å². The lowest BCUT2D eigenvalue weighted by Gasteiger charge is -2.26. The van der Waals surface area contributed by atoms with Gasteiger partial charge in [-0.1, -0.05) is 6.07 Å². The van der Waals surface area contributed by atoms with Gasteiger partial charge in [-0.25, -0.2) is 0 Å². The molecule has 1 saturated heterocycles. The normalized spacial score (nSPS) is 17.8. The summed E-state index contributed by atoms with van der Waals surface area (Å²) in [4.78, 5) is 29.0. The summed E-state index contributed by atoms with van der Waals surface area (Å²) in [5.74, 6) is 0.771. The Balaban J connectivity index is 1.47. The molecule has 1 amide bonds. The van der Waals surface area contributed by atoms with E-state index in [1.165, 1.54) is 6.07 Å². The number of ether oxygens (including phenoxy) is 3. The Labute approximate surface area is 167 Å². The van der Waals surface area contributed by atoms with Crippen LogP contribution < -0.4 is 14.2 Å². The van der Waals surface area contributed by atoms with Crippen LogP contribution in [-0.4, -0.2) is 47.1 Å². The van der Waals surface area contributed by atoms with Gasteiger partial charge in [-0.05, 0) is 52.6 Å². The fourth-order valence-corrected chi connectivity index (χ4v) is 3.68. The van der Waals surface area contributed by atoms with Gasteiger partial charge in [0.2, 0.25) is 5.75 Å². The number of rotatable bonds is 5. The highest BCUT2D eigenvalue weighted by Gasteiger charge is 2.31. The standard InChI is InChI=1S/C20H21N3O6/c1-13-4-6-17(20(21-13)23(25)26)29-12-19(24)22-8-2-3-15(22)14-5-7-16-18(11-14)28-10-9-27-16/h4-7,11,15H,2-3,8-10,12H2,1H3. The Hall–Kier alpha value is -3.36. The molecule has 0 radical (unpaired) electrons. The number of hydrogen-bond donors (Lipinski definition) is 0. The Bertz CT molecular complexity index is 948. The molecule has 1 aromatic heterocycles. The molecule has 0 spiro atoms. The van der Waals surface area contributed by atoms with Gasteiger partial charge < -0.3 is 29.2 Å². The van der Waals surface area contributed by atoms with Gasteiger partial charge in [0, 0.05) is 13.5 Å².